The van der Waals surface area contributed by atoms with E-state index in [9.17, 15) is 24.3 Å². The lowest BCUT2D eigenvalue weighted by Gasteiger charge is -2.72. The molecule has 0 spiro atoms. The Morgan fingerprint density at radius 2 is 1.71 bits per heavy atom. The fourth-order valence-electron chi connectivity index (χ4n) is 14.2. The highest BCUT2D eigenvalue weighted by Gasteiger charge is 2.71. The number of nitrogens with zero attached hydrogens (tertiary/aromatic N) is 3. The summed E-state index contributed by atoms with van der Waals surface area (Å²) in [4.78, 5) is 58.7. The third kappa shape index (κ3) is 6.14. The van der Waals surface area contributed by atoms with Crippen LogP contribution in [0.2, 0.25) is 5.02 Å². The number of carboxylic acid groups (broad SMARTS) is 1. The number of fused-ring (bicyclic) bond motifs is 7. The predicted molar refractivity (Wildman–Crippen MR) is 226 cm³/mol. The second kappa shape index (κ2) is 14.5. The standard InChI is InChI=1S/C47H67ClN4O6/c1-27(2)37-31(53)24-47(39-28(3)40(55)52(51(39)23-22-49-11)35-15-12-29(48)26-50-35)21-20-45(9)30(38(37)47)13-14-33-44(8)18-17-34(58-36(54)25-42(4,5)41(56)57)43(6,7)32(44)16-19-46(33,45)10/h12,15,26-27,30,32-34,49H,13-14,16-25H2,1-11H3,(H,56,57)/t30-,32+,33-,34+,44+,45-,46-,47-/m1/s1. The highest BCUT2D eigenvalue weighted by molar-refractivity contribution is 6.30. The van der Waals surface area contributed by atoms with Crippen molar-refractivity contribution in [3.05, 3.63) is 56.1 Å². The second-order valence-electron chi connectivity index (χ2n) is 21.1. The van der Waals surface area contributed by atoms with E-state index in [1.165, 1.54) is 5.57 Å². The van der Waals surface area contributed by atoms with Crippen molar-refractivity contribution in [1.82, 2.24) is 19.7 Å². The number of halogens is 1. The first kappa shape index (κ1) is 42.9. The van der Waals surface area contributed by atoms with Crippen LogP contribution in [0.1, 0.15) is 138 Å². The first-order chi connectivity index (χ1) is 27.0. The van der Waals surface area contributed by atoms with Gasteiger partial charge in [-0.1, -0.05) is 60.1 Å². The van der Waals surface area contributed by atoms with Crippen LogP contribution in [-0.2, 0) is 31.1 Å². The number of ketones is 1. The summed E-state index contributed by atoms with van der Waals surface area (Å²) in [5.41, 5.74) is 1.74. The molecular weight excluding hydrogens is 752 g/mol. The van der Waals surface area contributed by atoms with Crippen molar-refractivity contribution in [2.24, 2.45) is 50.7 Å². The third-order valence-electron chi connectivity index (χ3n) is 17.1. The number of carbonyl (C=O) groups excluding carboxylic acids is 2. The minimum atomic E-state index is -1.18. The zero-order chi connectivity index (χ0) is 42.5. The fraction of sp³-hybridized carbons (Fsp3) is 0.723. The van der Waals surface area contributed by atoms with Crippen LogP contribution in [-0.4, -0.2) is 56.9 Å². The monoisotopic (exact) mass is 818 g/mol. The average molecular weight is 820 g/mol. The number of rotatable bonds is 10. The Morgan fingerprint density at radius 3 is 2.33 bits per heavy atom. The van der Waals surface area contributed by atoms with Gasteiger partial charge in [-0.3, -0.25) is 23.9 Å². The number of aliphatic carboxylic acids is 1. The van der Waals surface area contributed by atoms with Gasteiger partial charge >= 0.3 is 11.9 Å². The van der Waals surface area contributed by atoms with Crippen LogP contribution < -0.4 is 10.9 Å². The Bertz CT molecular complexity index is 2100. The van der Waals surface area contributed by atoms with E-state index in [1.54, 1.807) is 36.9 Å². The molecule has 0 amide bonds. The first-order valence-corrected chi connectivity index (χ1v) is 22.2. The number of carbonyl (C=O) groups is 3. The summed E-state index contributed by atoms with van der Waals surface area (Å²) in [7, 11) is 1.92. The molecule has 0 aliphatic heterocycles. The van der Waals surface area contributed by atoms with Gasteiger partial charge in [0.15, 0.2) is 11.6 Å². The molecular formula is C47H67ClN4O6. The van der Waals surface area contributed by atoms with E-state index in [0.29, 0.717) is 47.8 Å². The average Bonchev–Trinajstić information content (AvgIpc) is 3.58. The predicted octanol–water partition coefficient (Wildman–Crippen LogP) is 8.86. The number of nitrogens with one attached hydrogen (secondary N) is 1. The number of allylic oxidation sites excluding steroid dienone is 2. The molecule has 318 valence electrons. The summed E-state index contributed by atoms with van der Waals surface area (Å²) in [6, 6.07) is 3.57. The number of ether oxygens (including phenoxy) is 1. The maximum Gasteiger partial charge on any atom is 0.309 e. The molecule has 2 aromatic heterocycles. The highest BCUT2D eigenvalue weighted by atomic mass is 35.5. The molecule has 2 aromatic rings. The van der Waals surface area contributed by atoms with E-state index >= 15 is 0 Å². The lowest BCUT2D eigenvalue weighted by molar-refractivity contribution is -0.232. The lowest BCUT2D eigenvalue weighted by Crippen LogP contribution is -2.66. The number of hydrogen-bond donors (Lipinski definition) is 2. The zero-order valence-electron chi connectivity index (χ0n) is 36.8. The third-order valence-corrected chi connectivity index (χ3v) is 17.4. The van der Waals surface area contributed by atoms with Crippen molar-refractivity contribution < 1.29 is 24.2 Å². The molecule has 5 aliphatic carbocycles. The summed E-state index contributed by atoms with van der Waals surface area (Å²) in [6.07, 6.45) is 9.14. The Balaban J connectivity index is 1.28. The van der Waals surface area contributed by atoms with Crippen molar-refractivity contribution in [2.75, 3.05) is 13.6 Å². The van der Waals surface area contributed by atoms with Crippen LogP contribution in [0.4, 0.5) is 0 Å². The molecule has 7 rings (SSSR count). The van der Waals surface area contributed by atoms with Gasteiger partial charge in [0.25, 0.3) is 5.56 Å². The molecule has 5 aliphatic rings. The van der Waals surface area contributed by atoms with Gasteiger partial charge in [0.1, 0.15) is 6.10 Å². The largest absolute Gasteiger partial charge is 0.481 e. The SMILES string of the molecule is CNCCn1c([C@@]23CC[C@]4(C)[C@H](CC[C@@H]5[C@@]6(C)CC[C@H](OC(=O)CC(C)(C)C(=O)O)C(C)(C)[C@@H]6CC[C@]54C)C2=C(C(C)C)C(=O)C3)c(C)c(=O)n1-c1ccc(Cl)cn1. The van der Waals surface area contributed by atoms with Gasteiger partial charge in [0, 0.05) is 35.6 Å². The molecule has 4 fully saturated rings. The molecule has 2 heterocycles. The number of pyridine rings is 1. The van der Waals surface area contributed by atoms with Crippen molar-refractivity contribution in [3.8, 4) is 5.82 Å². The van der Waals surface area contributed by atoms with E-state index in [-0.39, 0.29) is 57.4 Å². The van der Waals surface area contributed by atoms with Gasteiger partial charge in [-0.05, 0) is 142 Å². The molecule has 10 nitrogen and oxygen atoms in total. The smallest absolute Gasteiger partial charge is 0.309 e. The van der Waals surface area contributed by atoms with E-state index < -0.39 is 22.8 Å². The molecule has 0 saturated heterocycles. The molecule has 58 heavy (non-hydrogen) atoms. The number of hydrogen-bond acceptors (Lipinski definition) is 7. The van der Waals surface area contributed by atoms with E-state index in [1.807, 2.05) is 14.0 Å². The van der Waals surface area contributed by atoms with Crippen LogP contribution in [0.5, 0.6) is 0 Å². The summed E-state index contributed by atoms with van der Waals surface area (Å²) in [5, 5.41) is 13.5. The lowest BCUT2D eigenvalue weighted by atomic mass is 9.33. The van der Waals surface area contributed by atoms with Crippen LogP contribution in [0.25, 0.3) is 5.82 Å². The van der Waals surface area contributed by atoms with Gasteiger partial charge in [0.05, 0.1) is 29.1 Å². The normalized spacial score (nSPS) is 34.3. The Labute approximate surface area is 349 Å². The molecule has 0 unspecified atom stereocenters. The summed E-state index contributed by atoms with van der Waals surface area (Å²) >= 11 is 6.26. The molecule has 0 aromatic carbocycles. The van der Waals surface area contributed by atoms with Gasteiger partial charge in [-0.25, -0.2) is 4.98 Å². The molecule has 4 saturated carbocycles. The molecule has 0 bridgehead atoms. The van der Waals surface area contributed by atoms with E-state index in [4.69, 9.17) is 16.3 Å². The van der Waals surface area contributed by atoms with Crippen LogP contribution in [0.3, 0.4) is 0 Å². The maximum absolute atomic E-state index is 14.6. The molecule has 2 N–H and O–H groups in total. The molecule has 8 atom stereocenters. The maximum atomic E-state index is 14.6. The van der Waals surface area contributed by atoms with Crippen LogP contribution >= 0.6 is 11.6 Å². The summed E-state index contributed by atoms with van der Waals surface area (Å²) in [5.74, 6) is 0.349. The number of Topliss-reactive ketones (excluding diaryl/α,β-unsaturated/α-hetero) is 1. The van der Waals surface area contributed by atoms with E-state index in [0.717, 1.165) is 62.6 Å². The second-order valence-corrected chi connectivity index (χ2v) is 21.6. The minimum absolute atomic E-state index is 0.000834. The molecule has 0 radical (unpaired) electrons. The van der Waals surface area contributed by atoms with Gasteiger partial charge in [0.2, 0.25) is 0 Å². The van der Waals surface area contributed by atoms with E-state index in [2.05, 4.69) is 63.4 Å². The van der Waals surface area contributed by atoms with Crippen LogP contribution in [0.15, 0.2) is 34.3 Å². The van der Waals surface area contributed by atoms with Crippen molar-refractivity contribution in [1.29, 1.82) is 0 Å². The fourth-order valence-corrected chi connectivity index (χ4v) is 14.3. The number of esters is 1. The van der Waals surface area contributed by atoms with Gasteiger partial charge in [-0.15, -0.1) is 0 Å². The Kier molecular flexibility index (Phi) is 10.7. The zero-order valence-corrected chi connectivity index (χ0v) is 37.6. The topological polar surface area (TPSA) is 133 Å². The van der Waals surface area contributed by atoms with Gasteiger partial charge in [-0.2, -0.15) is 4.68 Å². The highest BCUT2D eigenvalue weighted by Crippen LogP contribution is 2.77. The Morgan fingerprint density at radius 1 is 1.00 bits per heavy atom. The first-order valence-electron chi connectivity index (χ1n) is 21.8. The molecule has 11 heteroatoms. The van der Waals surface area contributed by atoms with Crippen molar-refractivity contribution in [2.45, 2.75) is 152 Å². The summed E-state index contributed by atoms with van der Waals surface area (Å²) < 4.78 is 10.0. The van der Waals surface area contributed by atoms with Crippen molar-refractivity contribution in [3.63, 3.8) is 0 Å². The number of aromatic nitrogens is 3. The summed E-state index contributed by atoms with van der Waals surface area (Å²) in [6.45, 7) is 22.8. The van der Waals surface area contributed by atoms with Gasteiger partial charge < -0.3 is 15.2 Å². The quantitative estimate of drug-likeness (QED) is 0.227. The minimum Gasteiger partial charge on any atom is -0.481 e. The van der Waals surface area contributed by atoms with Crippen molar-refractivity contribution >= 4 is 29.3 Å². The number of likely N-dealkylation sites (N-methyl/N-ethyl adjacent to an activating group) is 1. The number of carboxylic acids is 1. The Hall–Kier alpha value is -3.24. The van der Waals surface area contributed by atoms with Crippen LogP contribution in [0, 0.1) is 57.7 Å².